The number of hydrogen-bond acceptors (Lipinski definition) is 4. The van der Waals surface area contributed by atoms with Crippen LogP contribution in [0.2, 0.25) is 5.02 Å². The van der Waals surface area contributed by atoms with E-state index in [2.05, 4.69) is 10.4 Å². The van der Waals surface area contributed by atoms with Crippen LogP contribution in [0.5, 0.6) is 0 Å². The Kier molecular flexibility index (Phi) is 5.31. The number of nitrogens with one attached hydrogen (secondary N) is 1. The number of amides is 1. The topological polar surface area (TPSA) is 107 Å². The summed E-state index contributed by atoms with van der Waals surface area (Å²) in [4.78, 5) is 12.4. The summed E-state index contributed by atoms with van der Waals surface area (Å²) in [6.45, 7) is 1.84. The van der Waals surface area contributed by atoms with Crippen LogP contribution >= 0.6 is 11.6 Å². The molecule has 3 aromatic rings. The number of nitrogens with zero attached hydrogens (tertiary/aromatic N) is 2. The maximum Gasteiger partial charge on any atom is 0.253 e. The van der Waals surface area contributed by atoms with Crippen LogP contribution in [0.25, 0.3) is 5.69 Å². The van der Waals surface area contributed by atoms with Crippen molar-refractivity contribution < 1.29 is 13.2 Å². The lowest BCUT2D eigenvalue weighted by atomic mass is 10.1. The van der Waals surface area contributed by atoms with Crippen molar-refractivity contribution in [3.8, 4) is 5.69 Å². The van der Waals surface area contributed by atoms with Gasteiger partial charge >= 0.3 is 0 Å². The predicted octanol–water partition coefficient (Wildman–Crippen LogP) is 2.66. The van der Waals surface area contributed by atoms with Gasteiger partial charge in [0.15, 0.2) is 0 Å². The lowest BCUT2D eigenvalue weighted by Gasteiger charge is -2.16. The molecule has 140 valence electrons. The number of rotatable bonds is 5. The van der Waals surface area contributed by atoms with Gasteiger partial charge in [-0.1, -0.05) is 23.7 Å². The predicted molar refractivity (Wildman–Crippen MR) is 102 cm³/mol. The highest BCUT2D eigenvalue weighted by atomic mass is 35.5. The minimum atomic E-state index is -3.88. The standard InChI is InChI=1S/C18H17ClN4O3S/c1-12(13-4-2-5-14(10-13)23-9-3-8-21-23)22-18(24)16-7-6-15(11-17(16)19)27(20,25)26/h2-12H,1H3,(H,22,24)(H2,20,25,26). The molecular weight excluding hydrogens is 388 g/mol. The molecule has 0 bridgehead atoms. The summed E-state index contributed by atoms with van der Waals surface area (Å²) in [6, 6.07) is 12.9. The number of carbonyl (C=O) groups excluding carboxylic acids is 1. The van der Waals surface area contributed by atoms with Gasteiger partial charge in [0.05, 0.1) is 27.2 Å². The molecule has 0 saturated carbocycles. The van der Waals surface area contributed by atoms with Crippen molar-refractivity contribution in [2.45, 2.75) is 17.9 Å². The average molecular weight is 405 g/mol. The maximum atomic E-state index is 12.5. The Hall–Kier alpha value is -2.68. The molecule has 1 atom stereocenters. The molecule has 0 aliphatic rings. The molecule has 0 spiro atoms. The van der Waals surface area contributed by atoms with Crippen LogP contribution in [-0.2, 0) is 10.0 Å². The zero-order valence-electron chi connectivity index (χ0n) is 14.3. The quantitative estimate of drug-likeness (QED) is 0.681. The van der Waals surface area contributed by atoms with E-state index in [-0.39, 0.29) is 21.5 Å². The van der Waals surface area contributed by atoms with E-state index >= 15 is 0 Å². The second-order valence-electron chi connectivity index (χ2n) is 5.93. The third-order valence-corrected chi connectivity index (χ3v) is 5.22. The summed E-state index contributed by atoms with van der Waals surface area (Å²) in [7, 11) is -3.88. The third kappa shape index (κ3) is 4.36. The van der Waals surface area contributed by atoms with E-state index in [0.29, 0.717) is 0 Å². The number of nitrogens with two attached hydrogens (primary N) is 1. The lowest BCUT2D eigenvalue weighted by Crippen LogP contribution is -2.27. The minimum absolute atomic E-state index is 0.0107. The van der Waals surface area contributed by atoms with Gasteiger partial charge in [-0.2, -0.15) is 5.10 Å². The molecule has 3 N–H and O–H groups in total. The number of aromatic nitrogens is 2. The lowest BCUT2D eigenvalue weighted by molar-refractivity contribution is 0.0940. The van der Waals surface area contributed by atoms with Crippen molar-refractivity contribution in [2.24, 2.45) is 5.14 Å². The first-order valence-corrected chi connectivity index (χ1v) is 9.91. The van der Waals surface area contributed by atoms with Gasteiger partial charge < -0.3 is 5.32 Å². The Morgan fingerprint density at radius 3 is 2.63 bits per heavy atom. The molecule has 0 aliphatic heterocycles. The highest BCUT2D eigenvalue weighted by molar-refractivity contribution is 7.89. The SMILES string of the molecule is CC(NC(=O)c1ccc(S(N)(=O)=O)cc1Cl)c1cccc(-n2cccn2)c1. The number of halogens is 1. The number of carbonyl (C=O) groups is 1. The molecule has 0 saturated heterocycles. The highest BCUT2D eigenvalue weighted by Crippen LogP contribution is 2.22. The first-order valence-electron chi connectivity index (χ1n) is 7.99. The van der Waals surface area contributed by atoms with E-state index in [0.717, 1.165) is 17.3 Å². The molecule has 0 radical (unpaired) electrons. The summed E-state index contributed by atoms with van der Waals surface area (Å²) in [6.07, 6.45) is 3.51. The Morgan fingerprint density at radius 2 is 2.00 bits per heavy atom. The molecule has 0 fully saturated rings. The Labute approximate surface area is 161 Å². The van der Waals surface area contributed by atoms with Gasteiger partial charge in [0.1, 0.15) is 0 Å². The first kappa shape index (κ1) is 19.1. The molecule has 9 heteroatoms. The molecule has 1 amide bonds. The van der Waals surface area contributed by atoms with Crippen molar-refractivity contribution in [1.29, 1.82) is 0 Å². The van der Waals surface area contributed by atoms with Crippen molar-refractivity contribution in [2.75, 3.05) is 0 Å². The van der Waals surface area contributed by atoms with Crippen molar-refractivity contribution in [3.05, 3.63) is 77.1 Å². The first-order chi connectivity index (χ1) is 12.8. The largest absolute Gasteiger partial charge is 0.345 e. The zero-order chi connectivity index (χ0) is 19.6. The van der Waals surface area contributed by atoms with Gasteiger partial charge in [-0.15, -0.1) is 0 Å². The van der Waals surface area contributed by atoms with Crippen LogP contribution in [0.15, 0.2) is 65.8 Å². The van der Waals surface area contributed by atoms with E-state index in [1.165, 1.54) is 12.1 Å². The number of sulfonamides is 1. The summed E-state index contributed by atoms with van der Waals surface area (Å²) >= 11 is 6.06. The third-order valence-electron chi connectivity index (χ3n) is 4.00. The van der Waals surface area contributed by atoms with Crippen LogP contribution in [0.4, 0.5) is 0 Å². The van der Waals surface area contributed by atoms with Crippen molar-refractivity contribution in [1.82, 2.24) is 15.1 Å². The molecule has 3 rings (SSSR count). The van der Waals surface area contributed by atoms with Crippen LogP contribution in [0.1, 0.15) is 28.9 Å². The Morgan fingerprint density at radius 1 is 1.22 bits per heavy atom. The monoisotopic (exact) mass is 404 g/mol. The van der Waals surface area contributed by atoms with E-state index in [4.69, 9.17) is 16.7 Å². The van der Waals surface area contributed by atoms with Gasteiger partial charge in [-0.25, -0.2) is 18.2 Å². The highest BCUT2D eigenvalue weighted by Gasteiger charge is 2.17. The summed E-state index contributed by atoms with van der Waals surface area (Å²) in [5, 5.41) is 12.1. The number of primary sulfonamides is 1. The second kappa shape index (κ2) is 7.51. The molecule has 1 heterocycles. The van der Waals surface area contributed by atoms with Crippen LogP contribution in [0, 0.1) is 0 Å². The summed E-state index contributed by atoms with van der Waals surface area (Å²) in [5.41, 5.74) is 1.92. The fourth-order valence-corrected chi connectivity index (χ4v) is 3.44. The van der Waals surface area contributed by atoms with E-state index < -0.39 is 15.9 Å². The van der Waals surface area contributed by atoms with E-state index in [1.807, 2.05) is 43.5 Å². The second-order valence-corrected chi connectivity index (χ2v) is 7.90. The van der Waals surface area contributed by atoms with E-state index in [9.17, 15) is 13.2 Å². The van der Waals surface area contributed by atoms with Gasteiger partial charge in [-0.3, -0.25) is 4.79 Å². The minimum Gasteiger partial charge on any atom is -0.345 e. The fraction of sp³-hybridized carbons (Fsp3) is 0.111. The maximum absolute atomic E-state index is 12.5. The van der Waals surface area contributed by atoms with Crippen LogP contribution in [0.3, 0.4) is 0 Å². The number of hydrogen-bond donors (Lipinski definition) is 2. The molecule has 7 nitrogen and oxygen atoms in total. The normalized spacial score (nSPS) is 12.6. The molecule has 27 heavy (non-hydrogen) atoms. The Bertz CT molecular complexity index is 1080. The van der Waals surface area contributed by atoms with Crippen LogP contribution in [-0.4, -0.2) is 24.1 Å². The zero-order valence-corrected chi connectivity index (χ0v) is 15.9. The summed E-state index contributed by atoms with van der Waals surface area (Å²) in [5.74, 6) is -0.419. The molecule has 0 aliphatic carbocycles. The van der Waals surface area contributed by atoms with Crippen molar-refractivity contribution in [3.63, 3.8) is 0 Å². The summed E-state index contributed by atoms with van der Waals surface area (Å²) < 4.78 is 24.5. The van der Waals surface area contributed by atoms with Gasteiger partial charge in [0.25, 0.3) is 5.91 Å². The van der Waals surface area contributed by atoms with Crippen LogP contribution < -0.4 is 10.5 Å². The van der Waals surface area contributed by atoms with E-state index in [1.54, 1.807) is 10.9 Å². The number of benzene rings is 2. The Balaban J connectivity index is 1.79. The smallest absolute Gasteiger partial charge is 0.253 e. The molecular formula is C18H17ClN4O3S. The molecule has 1 aromatic heterocycles. The van der Waals surface area contributed by atoms with Gasteiger partial charge in [-0.05, 0) is 48.9 Å². The molecule has 1 unspecified atom stereocenters. The van der Waals surface area contributed by atoms with Gasteiger partial charge in [0, 0.05) is 12.4 Å². The van der Waals surface area contributed by atoms with Crippen molar-refractivity contribution >= 4 is 27.5 Å². The van der Waals surface area contributed by atoms with Gasteiger partial charge in [0.2, 0.25) is 10.0 Å². The molecule has 2 aromatic carbocycles. The fourth-order valence-electron chi connectivity index (χ4n) is 2.57. The average Bonchev–Trinajstić information content (AvgIpc) is 3.15.